The molecule has 1 aromatic carbocycles. The van der Waals surface area contributed by atoms with Gasteiger partial charge in [-0.05, 0) is 18.9 Å². The van der Waals surface area contributed by atoms with Crippen molar-refractivity contribution >= 4 is 17.7 Å². The summed E-state index contributed by atoms with van der Waals surface area (Å²) in [5, 5.41) is 0.230. The fourth-order valence-electron chi connectivity index (χ4n) is 1.74. The lowest BCUT2D eigenvalue weighted by Crippen LogP contribution is -2.07. The zero-order chi connectivity index (χ0) is 11.8. The van der Waals surface area contributed by atoms with Crippen LogP contribution in [0.3, 0.4) is 0 Å². The van der Waals surface area contributed by atoms with Crippen molar-refractivity contribution in [2.75, 3.05) is 7.11 Å². The Bertz CT molecular complexity index is 456. The number of methoxy groups -OCH3 is 1. The van der Waals surface area contributed by atoms with Gasteiger partial charge in [0.1, 0.15) is 17.1 Å². The van der Waals surface area contributed by atoms with Gasteiger partial charge in [-0.25, -0.2) is 9.18 Å². The summed E-state index contributed by atoms with van der Waals surface area (Å²) < 4.78 is 18.7. The first-order valence-electron chi connectivity index (χ1n) is 4.75. The number of carbonyl (C=O) groups excluding carboxylic acids is 1. The number of isocyanates is 1. The van der Waals surface area contributed by atoms with Crippen LogP contribution < -0.4 is 4.74 Å². The van der Waals surface area contributed by atoms with Crippen molar-refractivity contribution in [3.05, 3.63) is 28.5 Å². The monoisotopic (exact) mass is 241 g/mol. The molecule has 0 amide bonds. The third-order valence-electron chi connectivity index (χ3n) is 2.70. The van der Waals surface area contributed by atoms with Crippen molar-refractivity contribution in [1.29, 1.82) is 0 Å². The number of nitrogens with zero attached hydrogens (tertiary/aromatic N) is 1. The first kappa shape index (κ1) is 11.1. The molecule has 3 nitrogen and oxygen atoms in total. The van der Waals surface area contributed by atoms with Crippen LogP contribution in [0.15, 0.2) is 17.1 Å². The number of benzene rings is 1. The Kier molecular flexibility index (Phi) is 2.70. The van der Waals surface area contributed by atoms with E-state index in [1.807, 2.05) is 0 Å². The molecule has 0 N–H and O–H groups in total. The lowest BCUT2D eigenvalue weighted by Gasteiger charge is -2.13. The molecule has 0 aliphatic heterocycles. The Morgan fingerprint density at radius 2 is 2.25 bits per heavy atom. The van der Waals surface area contributed by atoms with E-state index in [1.165, 1.54) is 25.3 Å². The number of hydrogen-bond acceptors (Lipinski definition) is 3. The molecule has 0 radical (unpaired) electrons. The molecular formula is C11H9ClFNO2. The van der Waals surface area contributed by atoms with E-state index in [-0.39, 0.29) is 10.6 Å². The van der Waals surface area contributed by atoms with E-state index >= 15 is 0 Å². The van der Waals surface area contributed by atoms with Crippen molar-refractivity contribution in [2.45, 2.75) is 18.4 Å². The summed E-state index contributed by atoms with van der Waals surface area (Å²) in [5.41, 5.74) is -0.534. The highest BCUT2D eigenvalue weighted by molar-refractivity contribution is 6.31. The first-order valence-corrected chi connectivity index (χ1v) is 5.13. The van der Waals surface area contributed by atoms with Gasteiger partial charge in [0.2, 0.25) is 6.08 Å². The minimum absolute atomic E-state index is 0.230. The van der Waals surface area contributed by atoms with Gasteiger partial charge in [0, 0.05) is 11.6 Å². The standard InChI is InChI=1S/C11H9ClFNO2/c1-16-7-4-8(12)10(9(13)5-7)11(2-3-11)14-6-15/h4-5H,2-3H2,1H3. The molecule has 2 rings (SSSR count). The summed E-state index contributed by atoms with van der Waals surface area (Å²) in [4.78, 5) is 13.9. The van der Waals surface area contributed by atoms with Gasteiger partial charge >= 0.3 is 0 Å². The van der Waals surface area contributed by atoms with E-state index in [2.05, 4.69) is 4.99 Å². The van der Waals surface area contributed by atoms with E-state index in [0.717, 1.165) is 0 Å². The SMILES string of the molecule is COc1cc(F)c(C2(N=C=O)CC2)c(Cl)c1. The number of aliphatic imine (C=N–C) groups is 1. The van der Waals surface area contributed by atoms with Crippen molar-refractivity contribution < 1.29 is 13.9 Å². The highest BCUT2D eigenvalue weighted by atomic mass is 35.5. The number of ether oxygens (including phenoxy) is 1. The molecule has 0 heterocycles. The fourth-order valence-corrected chi connectivity index (χ4v) is 2.11. The van der Waals surface area contributed by atoms with Crippen LogP contribution in [0, 0.1) is 5.82 Å². The van der Waals surface area contributed by atoms with Crippen LogP contribution in [0.1, 0.15) is 18.4 Å². The van der Waals surface area contributed by atoms with Gasteiger partial charge < -0.3 is 4.74 Å². The van der Waals surface area contributed by atoms with Gasteiger partial charge in [-0.3, -0.25) is 0 Å². The van der Waals surface area contributed by atoms with Crippen molar-refractivity contribution in [3.63, 3.8) is 0 Å². The summed E-state index contributed by atoms with van der Waals surface area (Å²) in [6, 6.07) is 2.75. The second-order valence-electron chi connectivity index (χ2n) is 3.70. The summed E-state index contributed by atoms with van der Waals surface area (Å²) in [7, 11) is 1.43. The maximum Gasteiger partial charge on any atom is 0.235 e. The van der Waals surface area contributed by atoms with Gasteiger partial charge in [-0.2, -0.15) is 4.99 Å². The smallest absolute Gasteiger partial charge is 0.235 e. The number of rotatable bonds is 3. The van der Waals surface area contributed by atoms with E-state index < -0.39 is 11.4 Å². The van der Waals surface area contributed by atoms with E-state index in [4.69, 9.17) is 16.3 Å². The molecule has 0 atom stereocenters. The number of halogens is 2. The third-order valence-corrected chi connectivity index (χ3v) is 3.00. The lowest BCUT2D eigenvalue weighted by atomic mass is 10.0. The van der Waals surface area contributed by atoms with E-state index in [0.29, 0.717) is 18.6 Å². The molecule has 1 aliphatic rings. The van der Waals surface area contributed by atoms with Crippen LogP contribution in [0.4, 0.5) is 4.39 Å². The Labute approximate surface area is 96.9 Å². The van der Waals surface area contributed by atoms with Gasteiger partial charge in [0.05, 0.1) is 12.1 Å². The highest BCUT2D eigenvalue weighted by Gasteiger charge is 2.48. The van der Waals surface area contributed by atoms with Crippen molar-refractivity contribution in [3.8, 4) is 5.75 Å². The van der Waals surface area contributed by atoms with Crippen LogP contribution in [-0.2, 0) is 10.3 Å². The topological polar surface area (TPSA) is 38.7 Å². The summed E-state index contributed by atoms with van der Waals surface area (Å²) in [5.74, 6) is -0.155. The predicted octanol–water partition coefficient (Wildman–Crippen LogP) is 2.81. The number of hydrogen-bond donors (Lipinski definition) is 0. The molecule has 0 unspecified atom stereocenters. The summed E-state index contributed by atoms with van der Waals surface area (Å²) in [6.45, 7) is 0. The molecule has 16 heavy (non-hydrogen) atoms. The van der Waals surface area contributed by atoms with Gasteiger partial charge in [-0.15, -0.1) is 0 Å². The van der Waals surface area contributed by atoms with E-state index in [9.17, 15) is 9.18 Å². The van der Waals surface area contributed by atoms with Crippen LogP contribution >= 0.6 is 11.6 Å². The van der Waals surface area contributed by atoms with Gasteiger partial charge in [0.25, 0.3) is 0 Å². The molecular weight excluding hydrogens is 233 g/mol. The highest BCUT2D eigenvalue weighted by Crippen LogP contribution is 2.52. The second kappa shape index (κ2) is 3.89. The van der Waals surface area contributed by atoms with Gasteiger partial charge in [-0.1, -0.05) is 11.6 Å². The van der Waals surface area contributed by atoms with Crippen molar-refractivity contribution in [1.82, 2.24) is 0 Å². The zero-order valence-corrected chi connectivity index (χ0v) is 9.34. The Hall–Kier alpha value is -1.38. The summed E-state index contributed by atoms with van der Waals surface area (Å²) in [6.07, 6.45) is 2.70. The minimum atomic E-state index is -0.796. The molecule has 1 fully saturated rings. The largest absolute Gasteiger partial charge is 0.497 e. The molecule has 0 saturated heterocycles. The normalized spacial score (nSPS) is 16.4. The molecule has 1 saturated carbocycles. The predicted molar refractivity (Wildman–Crippen MR) is 57.0 cm³/mol. The quantitative estimate of drug-likeness (QED) is 0.603. The Balaban J connectivity index is 2.54. The van der Waals surface area contributed by atoms with Crippen LogP contribution in [0.25, 0.3) is 0 Å². The van der Waals surface area contributed by atoms with Gasteiger partial charge in [0.15, 0.2) is 0 Å². The molecule has 0 spiro atoms. The van der Waals surface area contributed by atoms with Crippen LogP contribution in [0.5, 0.6) is 5.75 Å². The van der Waals surface area contributed by atoms with E-state index in [1.54, 1.807) is 0 Å². The maximum atomic E-state index is 13.8. The molecule has 0 aromatic heterocycles. The van der Waals surface area contributed by atoms with Crippen molar-refractivity contribution in [2.24, 2.45) is 4.99 Å². The average molecular weight is 242 g/mol. The average Bonchev–Trinajstić information content (AvgIpc) is 2.98. The molecule has 1 aromatic rings. The van der Waals surface area contributed by atoms with Crippen LogP contribution in [0.2, 0.25) is 5.02 Å². The Morgan fingerprint density at radius 1 is 1.56 bits per heavy atom. The summed E-state index contributed by atoms with van der Waals surface area (Å²) >= 11 is 5.96. The fraction of sp³-hybridized carbons (Fsp3) is 0.364. The first-order chi connectivity index (χ1) is 7.63. The molecule has 0 bridgehead atoms. The second-order valence-corrected chi connectivity index (χ2v) is 4.11. The van der Waals surface area contributed by atoms with Crippen LogP contribution in [-0.4, -0.2) is 13.2 Å². The molecule has 84 valence electrons. The zero-order valence-electron chi connectivity index (χ0n) is 8.59. The lowest BCUT2D eigenvalue weighted by molar-refractivity contribution is 0.410. The molecule has 1 aliphatic carbocycles. The minimum Gasteiger partial charge on any atom is -0.497 e. The molecule has 5 heteroatoms. The Morgan fingerprint density at radius 3 is 2.69 bits per heavy atom. The maximum absolute atomic E-state index is 13.8. The third kappa shape index (κ3) is 1.70.